The van der Waals surface area contributed by atoms with Crippen LogP contribution < -0.4 is 24.8 Å². The predicted molar refractivity (Wildman–Crippen MR) is 157 cm³/mol. The van der Waals surface area contributed by atoms with Crippen molar-refractivity contribution in [2.45, 2.75) is 38.0 Å². The number of nitrogens with one attached hydrogen (secondary N) is 2. The van der Waals surface area contributed by atoms with Gasteiger partial charge >= 0.3 is 0 Å². The van der Waals surface area contributed by atoms with E-state index < -0.39 is 23.9 Å². The van der Waals surface area contributed by atoms with Crippen LogP contribution in [0.3, 0.4) is 0 Å². The minimum absolute atomic E-state index is 0.121. The number of nitrogens with zero attached hydrogens (tertiary/aromatic N) is 3. The Bertz CT molecular complexity index is 1670. The number of hydrogen-bond donors (Lipinski definition) is 2. The zero-order valence-corrected chi connectivity index (χ0v) is 24.1. The molecule has 2 aliphatic rings. The second kappa shape index (κ2) is 12.6. The summed E-state index contributed by atoms with van der Waals surface area (Å²) in [5, 5.41) is 5.79. The largest absolute Gasteiger partial charge is 0.493 e. The third kappa shape index (κ3) is 6.59. The predicted octanol–water partition coefficient (Wildman–Crippen LogP) is 2.90. The molecule has 2 aliphatic heterocycles. The van der Waals surface area contributed by atoms with Gasteiger partial charge in [-0.25, -0.2) is 9.37 Å². The standard InChI is InChI=1S/C32H32FN5O6/c1-42-27-7-5-20-6-8-30(39)34-16-21-12-22(33)15-23(13-21)44-26-9-11-38(17-24(26)36-31(40)19-43-28(27)14-20)32(41)25-18-37-10-3-2-4-29(37)35-25/h2-5,7,10,12-15,18,24,26H,6,8-9,11,16-17,19H2,1H3,(H,34,39)(H,36,40)/t24-,26-/m1/s1. The molecule has 0 radical (unpaired) electrons. The van der Waals surface area contributed by atoms with E-state index in [4.69, 9.17) is 14.2 Å². The van der Waals surface area contributed by atoms with E-state index in [0.717, 1.165) is 5.56 Å². The first kappa shape index (κ1) is 29.0. The van der Waals surface area contributed by atoms with E-state index in [9.17, 15) is 18.8 Å². The lowest BCUT2D eigenvalue weighted by molar-refractivity contribution is -0.125. The maximum absolute atomic E-state index is 14.6. The molecule has 11 nitrogen and oxygen atoms in total. The molecule has 0 unspecified atom stereocenters. The summed E-state index contributed by atoms with van der Waals surface area (Å²) in [6.07, 6.45) is 3.90. The van der Waals surface area contributed by atoms with Crippen LogP contribution in [0.25, 0.3) is 5.65 Å². The fourth-order valence-corrected chi connectivity index (χ4v) is 5.49. The number of rotatable bonds is 2. The number of aromatic nitrogens is 2. The maximum Gasteiger partial charge on any atom is 0.274 e. The Kier molecular flexibility index (Phi) is 8.31. The molecule has 4 bridgehead atoms. The molecule has 0 aliphatic carbocycles. The Balaban J connectivity index is 1.27. The quantitative estimate of drug-likeness (QED) is 0.362. The lowest BCUT2D eigenvalue weighted by Crippen LogP contribution is -2.58. The van der Waals surface area contributed by atoms with Gasteiger partial charge in [-0.05, 0) is 53.9 Å². The molecule has 4 aromatic rings. The number of carbonyl (C=O) groups excluding carboxylic acids is 3. The molecule has 4 heterocycles. The number of piperidine rings is 1. The van der Waals surface area contributed by atoms with Gasteiger partial charge in [-0.3, -0.25) is 14.4 Å². The van der Waals surface area contributed by atoms with E-state index in [0.29, 0.717) is 42.1 Å². The number of amides is 3. The number of hydrogen-bond acceptors (Lipinski definition) is 7. The van der Waals surface area contributed by atoms with Gasteiger partial charge in [0.25, 0.3) is 11.8 Å². The lowest BCUT2D eigenvalue weighted by Gasteiger charge is -2.38. The molecule has 3 amide bonds. The summed E-state index contributed by atoms with van der Waals surface area (Å²) in [5.74, 6) is -0.341. The number of ether oxygens (including phenoxy) is 3. The number of likely N-dealkylation sites (tertiary alicyclic amines) is 1. The highest BCUT2D eigenvalue weighted by atomic mass is 19.1. The van der Waals surface area contributed by atoms with E-state index in [1.807, 2.05) is 30.5 Å². The van der Waals surface area contributed by atoms with Crippen molar-refractivity contribution in [2.24, 2.45) is 0 Å². The Hall–Kier alpha value is -5.13. The van der Waals surface area contributed by atoms with Crippen molar-refractivity contribution in [3.8, 4) is 17.2 Å². The van der Waals surface area contributed by atoms with Gasteiger partial charge in [0.05, 0.1) is 13.2 Å². The fourth-order valence-electron chi connectivity index (χ4n) is 5.49. The van der Waals surface area contributed by atoms with Crippen molar-refractivity contribution in [3.05, 3.63) is 89.6 Å². The molecular formula is C32H32FN5O6. The summed E-state index contributed by atoms with van der Waals surface area (Å²) in [7, 11) is 1.50. The molecule has 2 aromatic heterocycles. The molecule has 2 atom stereocenters. The van der Waals surface area contributed by atoms with E-state index in [1.165, 1.54) is 19.2 Å². The van der Waals surface area contributed by atoms with Crippen LogP contribution in [0.1, 0.15) is 34.5 Å². The van der Waals surface area contributed by atoms with E-state index in [1.54, 1.807) is 33.7 Å². The molecule has 1 saturated heterocycles. The van der Waals surface area contributed by atoms with Crippen molar-refractivity contribution in [1.29, 1.82) is 0 Å². The number of carbonyl (C=O) groups is 3. The highest BCUT2D eigenvalue weighted by Crippen LogP contribution is 2.29. The van der Waals surface area contributed by atoms with Gasteiger partial charge < -0.3 is 34.1 Å². The minimum atomic E-state index is -0.639. The Morgan fingerprint density at radius 2 is 1.95 bits per heavy atom. The number of benzene rings is 2. The number of imidazole rings is 1. The summed E-state index contributed by atoms with van der Waals surface area (Å²) in [5.41, 5.74) is 2.30. The third-order valence-corrected chi connectivity index (χ3v) is 7.70. The molecule has 44 heavy (non-hydrogen) atoms. The van der Waals surface area contributed by atoms with Gasteiger partial charge in [0.15, 0.2) is 18.1 Å². The van der Waals surface area contributed by atoms with E-state index >= 15 is 0 Å². The summed E-state index contributed by atoms with van der Waals surface area (Å²) in [6, 6.07) is 14.4. The molecule has 0 spiro atoms. The fraction of sp³-hybridized carbons (Fsp3) is 0.312. The van der Waals surface area contributed by atoms with Crippen molar-refractivity contribution in [3.63, 3.8) is 0 Å². The van der Waals surface area contributed by atoms with E-state index in [2.05, 4.69) is 15.6 Å². The molecule has 0 saturated carbocycles. The lowest BCUT2D eigenvalue weighted by atomic mass is 10.0. The second-order valence-corrected chi connectivity index (χ2v) is 10.8. The number of aryl methyl sites for hydroxylation is 1. The molecule has 228 valence electrons. The van der Waals surface area contributed by atoms with Crippen molar-refractivity contribution >= 4 is 23.4 Å². The van der Waals surface area contributed by atoms with Gasteiger partial charge in [-0.1, -0.05) is 12.1 Å². The topological polar surface area (TPSA) is 124 Å². The van der Waals surface area contributed by atoms with Crippen LogP contribution in [-0.4, -0.2) is 71.0 Å². The van der Waals surface area contributed by atoms with Crippen LogP contribution in [0.15, 0.2) is 67.0 Å². The van der Waals surface area contributed by atoms with Gasteiger partial charge in [0.2, 0.25) is 5.91 Å². The Labute approximate surface area is 252 Å². The highest BCUT2D eigenvalue weighted by molar-refractivity contribution is 5.93. The zero-order valence-electron chi connectivity index (χ0n) is 24.1. The zero-order chi connectivity index (χ0) is 30.6. The Morgan fingerprint density at radius 1 is 1.07 bits per heavy atom. The molecule has 1 fully saturated rings. The minimum Gasteiger partial charge on any atom is -0.493 e. The van der Waals surface area contributed by atoms with Gasteiger partial charge in [0, 0.05) is 50.9 Å². The second-order valence-electron chi connectivity index (χ2n) is 10.8. The smallest absolute Gasteiger partial charge is 0.274 e. The molecule has 12 heteroatoms. The average molecular weight is 602 g/mol. The van der Waals surface area contributed by atoms with Crippen LogP contribution in [-0.2, 0) is 22.6 Å². The summed E-state index contributed by atoms with van der Waals surface area (Å²) < 4.78 is 33.8. The van der Waals surface area contributed by atoms with Crippen LogP contribution >= 0.6 is 0 Å². The number of methoxy groups -OCH3 is 1. The van der Waals surface area contributed by atoms with Gasteiger partial charge in [-0.15, -0.1) is 0 Å². The molecule has 2 N–H and O–H groups in total. The van der Waals surface area contributed by atoms with Crippen molar-refractivity contribution in [2.75, 3.05) is 26.8 Å². The average Bonchev–Trinajstić information content (AvgIpc) is 3.46. The van der Waals surface area contributed by atoms with Crippen LogP contribution in [0.5, 0.6) is 17.2 Å². The van der Waals surface area contributed by atoms with Crippen LogP contribution in [0.4, 0.5) is 4.39 Å². The van der Waals surface area contributed by atoms with Crippen molar-refractivity contribution in [1.82, 2.24) is 24.9 Å². The summed E-state index contributed by atoms with van der Waals surface area (Å²) in [6.45, 7) is 0.271. The van der Waals surface area contributed by atoms with Crippen LogP contribution in [0, 0.1) is 5.82 Å². The van der Waals surface area contributed by atoms with Gasteiger partial charge in [-0.2, -0.15) is 0 Å². The Morgan fingerprint density at radius 3 is 2.80 bits per heavy atom. The number of pyridine rings is 1. The first-order chi connectivity index (χ1) is 21.3. The number of fused-ring (bicyclic) bond motifs is 6. The molecule has 2 aromatic carbocycles. The first-order valence-corrected chi connectivity index (χ1v) is 14.4. The highest BCUT2D eigenvalue weighted by Gasteiger charge is 2.35. The van der Waals surface area contributed by atoms with Crippen LogP contribution in [0.2, 0.25) is 0 Å². The number of halogens is 1. The van der Waals surface area contributed by atoms with Gasteiger partial charge in [0.1, 0.15) is 29.0 Å². The van der Waals surface area contributed by atoms with Crippen molar-refractivity contribution < 1.29 is 33.0 Å². The third-order valence-electron chi connectivity index (χ3n) is 7.70. The molecule has 6 rings (SSSR count). The van der Waals surface area contributed by atoms with E-state index in [-0.39, 0.29) is 49.4 Å². The summed E-state index contributed by atoms with van der Waals surface area (Å²) in [4.78, 5) is 45.3. The maximum atomic E-state index is 14.6. The summed E-state index contributed by atoms with van der Waals surface area (Å²) >= 11 is 0. The SMILES string of the molecule is COc1ccc2cc1OCC(=O)N[C@@H]1CN(C(=O)c3cn4ccccc4n3)CC[C@H]1Oc1cc(F)cc(c1)CNC(=O)CC2. The normalized spacial score (nSPS) is 19.4. The molecular weight excluding hydrogens is 569 g/mol. The monoisotopic (exact) mass is 601 g/mol. The first-order valence-electron chi connectivity index (χ1n) is 14.4.